The van der Waals surface area contributed by atoms with Gasteiger partial charge in [0.2, 0.25) is 5.91 Å². The van der Waals surface area contributed by atoms with Crippen molar-refractivity contribution in [2.24, 2.45) is 23.7 Å². The maximum atomic E-state index is 12.3. The highest BCUT2D eigenvalue weighted by atomic mass is 79.9. The first-order valence-electron chi connectivity index (χ1n) is 6.58. The Balaban J connectivity index is 1.58. The Labute approximate surface area is 106 Å². The van der Waals surface area contributed by atoms with Crippen molar-refractivity contribution in [3.8, 4) is 0 Å². The van der Waals surface area contributed by atoms with Gasteiger partial charge in [0.15, 0.2) is 0 Å². The molecular formula is C13H20BrNO. The number of halogens is 1. The monoisotopic (exact) mass is 285 g/mol. The number of nitrogens with zero attached hydrogens (tertiary/aromatic N) is 1. The number of carbonyl (C=O) groups is 1. The van der Waals surface area contributed by atoms with Crippen LogP contribution in [0.15, 0.2) is 0 Å². The number of rotatable bonds is 1. The highest BCUT2D eigenvalue weighted by Gasteiger charge is 2.49. The fraction of sp³-hybridized carbons (Fsp3) is 0.923. The number of hydrogen-bond acceptors (Lipinski definition) is 1. The van der Waals surface area contributed by atoms with Gasteiger partial charge in [-0.25, -0.2) is 0 Å². The van der Waals surface area contributed by atoms with Crippen LogP contribution in [0.5, 0.6) is 0 Å². The maximum Gasteiger partial charge on any atom is 0.225 e. The topological polar surface area (TPSA) is 20.3 Å². The highest BCUT2D eigenvalue weighted by molar-refractivity contribution is 9.09. The number of fused-ring (bicyclic) bond motifs is 1. The minimum absolute atomic E-state index is 0.378. The smallest absolute Gasteiger partial charge is 0.225 e. The molecule has 0 bridgehead atoms. The SMILES string of the molecule is CC1CN(C(=O)C2CC3CC3C2)CCC1Br. The van der Waals surface area contributed by atoms with E-state index in [0.29, 0.717) is 22.6 Å². The molecule has 0 aromatic carbocycles. The number of carbonyl (C=O) groups excluding carboxylic acids is 1. The predicted molar refractivity (Wildman–Crippen MR) is 67.4 cm³/mol. The number of piperidine rings is 1. The van der Waals surface area contributed by atoms with Gasteiger partial charge < -0.3 is 4.90 Å². The first kappa shape index (κ1) is 11.1. The Hall–Kier alpha value is -0.0500. The van der Waals surface area contributed by atoms with Crippen LogP contribution in [0, 0.1) is 23.7 Å². The minimum Gasteiger partial charge on any atom is -0.342 e. The van der Waals surface area contributed by atoms with Gasteiger partial charge >= 0.3 is 0 Å². The molecule has 3 aliphatic rings. The van der Waals surface area contributed by atoms with Gasteiger partial charge in [0.05, 0.1) is 0 Å². The van der Waals surface area contributed by atoms with Gasteiger partial charge in [-0.1, -0.05) is 22.9 Å². The fourth-order valence-corrected chi connectivity index (χ4v) is 3.86. The summed E-state index contributed by atoms with van der Waals surface area (Å²) < 4.78 is 0. The van der Waals surface area contributed by atoms with Crippen LogP contribution in [-0.4, -0.2) is 28.7 Å². The van der Waals surface area contributed by atoms with E-state index in [0.717, 1.165) is 31.3 Å². The normalized spacial score (nSPS) is 46.6. The molecule has 0 aromatic rings. The molecule has 90 valence electrons. The Morgan fingerprint density at radius 2 is 1.94 bits per heavy atom. The molecular weight excluding hydrogens is 266 g/mol. The quantitative estimate of drug-likeness (QED) is 0.679. The molecule has 1 saturated heterocycles. The van der Waals surface area contributed by atoms with Crippen LogP contribution in [0.1, 0.15) is 32.6 Å². The Morgan fingerprint density at radius 1 is 1.25 bits per heavy atom. The van der Waals surface area contributed by atoms with Crippen molar-refractivity contribution >= 4 is 21.8 Å². The second kappa shape index (κ2) is 4.01. The van der Waals surface area contributed by atoms with Gasteiger partial charge in [-0.05, 0) is 43.4 Å². The second-order valence-corrected chi connectivity index (χ2v) is 7.17. The largest absolute Gasteiger partial charge is 0.342 e. The van der Waals surface area contributed by atoms with Crippen molar-refractivity contribution in [2.75, 3.05) is 13.1 Å². The average Bonchev–Trinajstić information content (AvgIpc) is 2.89. The van der Waals surface area contributed by atoms with Crippen molar-refractivity contribution in [3.05, 3.63) is 0 Å². The fourth-order valence-electron chi connectivity index (χ4n) is 3.49. The zero-order chi connectivity index (χ0) is 11.3. The van der Waals surface area contributed by atoms with Gasteiger partial charge in [-0.3, -0.25) is 4.79 Å². The second-order valence-electron chi connectivity index (χ2n) is 5.99. The van der Waals surface area contributed by atoms with Crippen LogP contribution >= 0.6 is 15.9 Å². The van der Waals surface area contributed by atoms with E-state index < -0.39 is 0 Å². The number of hydrogen-bond donors (Lipinski definition) is 0. The number of alkyl halides is 1. The molecule has 1 amide bonds. The van der Waals surface area contributed by atoms with Crippen molar-refractivity contribution in [1.29, 1.82) is 0 Å². The summed E-state index contributed by atoms with van der Waals surface area (Å²) in [5.41, 5.74) is 0. The molecule has 4 atom stereocenters. The number of likely N-dealkylation sites (tertiary alicyclic amines) is 1. The van der Waals surface area contributed by atoms with E-state index in [-0.39, 0.29) is 0 Å². The summed E-state index contributed by atoms with van der Waals surface area (Å²) in [5, 5.41) is 0. The van der Waals surface area contributed by atoms with Crippen LogP contribution < -0.4 is 0 Å². The van der Waals surface area contributed by atoms with Gasteiger partial charge in [-0.15, -0.1) is 0 Å². The molecule has 1 aliphatic heterocycles. The van der Waals surface area contributed by atoms with Crippen LogP contribution in [0.2, 0.25) is 0 Å². The maximum absolute atomic E-state index is 12.3. The summed E-state index contributed by atoms with van der Waals surface area (Å²) in [5.74, 6) is 3.27. The summed E-state index contributed by atoms with van der Waals surface area (Å²) in [6.45, 7) is 4.16. The molecule has 16 heavy (non-hydrogen) atoms. The lowest BCUT2D eigenvalue weighted by atomic mass is 9.96. The molecule has 2 nitrogen and oxygen atoms in total. The van der Waals surface area contributed by atoms with Gasteiger partial charge in [-0.2, -0.15) is 0 Å². The first-order chi connectivity index (χ1) is 7.65. The standard InChI is InChI=1S/C13H20BrNO/c1-8-7-15(3-2-12(8)14)13(16)11-5-9-4-10(9)6-11/h8-12H,2-7H2,1H3. The summed E-state index contributed by atoms with van der Waals surface area (Å²) in [6.07, 6.45) is 4.90. The molecule has 3 rings (SSSR count). The van der Waals surface area contributed by atoms with Crippen molar-refractivity contribution in [1.82, 2.24) is 4.90 Å². The van der Waals surface area contributed by atoms with Crippen molar-refractivity contribution in [2.45, 2.75) is 37.4 Å². The Kier molecular flexibility index (Phi) is 2.77. The van der Waals surface area contributed by atoms with Gasteiger partial charge in [0, 0.05) is 23.8 Å². The Morgan fingerprint density at radius 3 is 2.56 bits per heavy atom. The van der Waals surface area contributed by atoms with Crippen molar-refractivity contribution in [3.63, 3.8) is 0 Å². The molecule has 1 heterocycles. The summed E-state index contributed by atoms with van der Waals surface area (Å²) in [4.78, 5) is 15.1. The Bertz CT molecular complexity index is 296. The molecule has 2 aliphatic carbocycles. The predicted octanol–water partition coefficient (Wildman–Crippen LogP) is 2.66. The minimum atomic E-state index is 0.378. The van der Waals surface area contributed by atoms with E-state index in [1.165, 1.54) is 19.3 Å². The average molecular weight is 286 g/mol. The molecule has 0 N–H and O–H groups in total. The lowest BCUT2D eigenvalue weighted by molar-refractivity contribution is -0.137. The summed E-state index contributed by atoms with van der Waals surface area (Å²) in [6, 6.07) is 0. The van der Waals surface area contributed by atoms with Crippen LogP contribution in [0.4, 0.5) is 0 Å². The van der Waals surface area contributed by atoms with Gasteiger partial charge in [0.25, 0.3) is 0 Å². The lowest BCUT2D eigenvalue weighted by Gasteiger charge is -2.36. The molecule has 2 saturated carbocycles. The summed E-state index contributed by atoms with van der Waals surface area (Å²) in [7, 11) is 0. The third-order valence-corrected chi connectivity index (χ3v) is 6.07. The zero-order valence-corrected chi connectivity index (χ0v) is 11.4. The number of amides is 1. The highest BCUT2D eigenvalue weighted by Crippen LogP contribution is 2.54. The van der Waals surface area contributed by atoms with E-state index in [2.05, 4.69) is 27.8 Å². The van der Waals surface area contributed by atoms with Gasteiger partial charge in [0.1, 0.15) is 0 Å². The zero-order valence-electron chi connectivity index (χ0n) is 9.86. The van der Waals surface area contributed by atoms with E-state index in [4.69, 9.17) is 0 Å². The third kappa shape index (κ3) is 1.92. The molecule has 3 heteroatoms. The molecule has 0 radical (unpaired) electrons. The van der Waals surface area contributed by atoms with E-state index in [9.17, 15) is 4.79 Å². The molecule has 4 unspecified atom stereocenters. The van der Waals surface area contributed by atoms with Crippen LogP contribution in [0.25, 0.3) is 0 Å². The lowest BCUT2D eigenvalue weighted by Crippen LogP contribution is -2.45. The summed E-state index contributed by atoms with van der Waals surface area (Å²) >= 11 is 3.69. The molecule has 0 aromatic heterocycles. The van der Waals surface area contributed by atoms with E-state index in [1.54, 1.807) is 0 Å². The van der Waals surface area contributed by atoms with Crippen molar-refractivity contribution < 1.29 is 4.79 Å². The van der Waals surface area contributed by atoms with E-state index >= 15 is 0 Å². The van der Waals surface area contributed by atoms with E-state index in [1.807, 2.05) is 0 Å². The van der Waals surface area contributed by atoms with Crippen LogP contribution in [-0.2, 0) is 4.79 Å². The third-order valence-electron chi connectivity index (χ3n) is 4.71. The molecule has 3 fully saturated rings. The van der Waals surface area contributed by atoms with Crippen LogP contribution in [0.3, 0.4) is 0 Å². The first-order valence-corrected chi connectivity index (χ1v) is 7.49. The molecule has 0 spiro atoms.